The van der Waals surface area contributed by atoms with Crippen LogP contribution >= 0.6 is 0 Å². The highest BCUT2D eigenvalue weighted by molar-refractivity contribution is 5.17. The maximum atomic E-state index is 4.05. The molecule has 0 fully saturated rings. The minimum Gasteiger partial charge on any atom is -0.103 e. The maximum absolute atomic E-state index is 4.05. The molecule has 0 aliphatic heterocycles. The molecule has 0 saturated carbocycles. The summed E-state index contributed by atoms with van der Waals surface area (Å²) in [7, 11) is 0. The fourth-order valence-corrected chi connectivity index (χ4v) is 2.50. The van der Waals surface area contributed by atoms with Crippen molar-refractivity contribution in [3.8, 4) is 0 Å². The fraction of sp³-hybridized carbons (Fsp3) is 0.600. The Labute approximate surface area is 127 Å². The molecule has 114 valence electrons. The molecule has 0 aromatic heterocycles. The van der Waals surface area contributed by atoms with Gasteiger partial charge in [-0.05, 0) is 57.8 Å². The predicted octanol–water partition coefficient (Wildman–Crippen LogP) is 7.01. The first-order chi connectivity index (χ1) is 9.54. The summed E-state index contributed by atoms with van der Waals surface area (Å²) >= 11 is 0. The summed E-state index contributed by atoms with van der Waals surface area (Å²) in [5, 5.41) is 0. The van der Waals surface area contributed by atoms with Gasteiger partial charge in [0, 0.05) is 0 Å². The van der Waals surface area contributed by atoms with Gasteiger partial charge >= 0.3 is 0 Å². The first kappa shape index (κ1) is 19.0. The van der Waals surface area contributed by atoms with Crippen molar-refractivity contribution < 1.29 is 0 Å². The number of unbranched alkanes of at least 4 members (excludes halogenated alkanes) is 1. The molecule has 0 N–H and O–H groups in total. The second kappa shape index (κ2) is 11.8. The molecule has 0 aliphatic rings. The Kier molecular flexibility index (Phi) is 11.1. The Bertz CT molecular complexity index is 330. The molecule has 0 radical (unpaired) electrons. The van der Waals surface area contributed by atoms with Gasteiger partial charge in [0.25, 0.3) is 0 Å². The van der Waals surface area contributed by atoms with Crippen LogP contribution < -0.4 is 0 Å². The van der Waals surface area contributed by atoms with E-state index >= 15 is 0 Å². The first-order valence-electron chi connectivity index (χ1n) is 8.12. The summed E-state index contributed by atoms with van der Waals surface area (Å²) in [6.45, 7) is 18.5. The van der Waals surface area contributed by atoms with Crippen molar-refractivity contribution in [3.63, 3.8) is 0 Å². The highest BCUT2D eigenvalue weighted by Gasteiger charge is 2.09. The maximum Gasteiger partial charge on any atom is -0.0227 e. The average molecular weight is 274 g/mol. The lowest BCUT2D eigenvalue weighted by Gasteiger charge is -2.18. The minimum absolute atomic E-state index is 0.574. The molecule has 0 rings (SSSR count). The SMILES string of the molecule is C=CCCCC(CC(C)C=C)=C(CCC)CCC(=C)C. The van der Waals surface area contributed by atoms with Gasteiger partial charge in [-0.15, -0.1) is 19.7 Å². The predicted molar refractivity (Wildman–Crippen MR) is 94.0 cm³/mol. The quantitative estimate of drug-likeness (QED) is 0.265. The zero-order valence-electron chi connectivity index (χ0n) is 14.0. The van der Waals surface area contributed by atoms with Crippen LogP contribution in [0.1, 0.15) is 72.1 Å². The van der Waals surface area contributed by atoms with Gasteiger partial charge in [-0.25, -0.2) is 0 Å². The van der Waals surface area contributed by atoms with Gasteiger partial charge < -0.3 is 0 Å². The summed E-state index contributed by atoms with van der Waals surface area (Å²) < 4.78 is 0. The van der Waals surface area contributed by atoms with Gasteiger partial charge in [-0.3, -0.25) is 0 Å². The van der Waals surface area contributed by atoms with Crippen molar-refractivity contribution in [2.75, 3.05) is 0 Å². The lowest BCUT2D eigenvalue weighted by Crippen LogP contribution is -2.00. The molecule has 0 nitrogen and oxygen atoms in total. The smallest absolute Gasteiger partial charge is 0.0227 e. The van der Waals surface area contributed by atoms with E-state index in [2.05, 4.69) is 46.6 Å². The van der Waals surface area contributed by atoms with Gasteiger partial charge in [0.05, 0.1) is 0 Å². The Morgan fingerprint density at radius 2 is 1.75 bits per heavy atom. The van der Waals surface area contributed by atoms with Gasteiger partial charge in [0.15, 0.2) is 0 Å². The van der Waals surface area contributed by atoms with Crippen molar-refractivity contribution in [3.05, 3.63) is 48.6 Å². The molecule has 0 amide bonds. The van der Waals surface area contributed by atoms with Crippen LogP contribution in [0.3, 0.4) is 0 Å². The average Bonchev–Trinajstić information content (AvgIpc) is 2.42. The summed E-state index contributed by atoms with van der Waals surface area (Å²) in [6.07, 6.45) is 13.6. The van der Waals surface area contributed by atoms with E-state index in [4.69, 9.17) is 0 Å². The summed E-state index contributed by atoms with van der Waals surface area (Å²) in [4.78, 5) is 0. The highest BCUT2D eigenvalue weighted by Crippen LogP contribution is 2.28. The molecule has 0 aromatic carbocycles. The molecular weight excluding hydrogens is 240 g/mol. The molecule has 20 heavy (non-hydrogen) atoms. The van der Waals surface area contributed by atoms with E-state index in [-0.39, 0.29) is 0 Å². The second-order valence-corrected chi connectivity index (χ2v) is 6.01. The Balaban J connectivity index is 4.95. The lowest BCUT2D eigenvalue weighted by molar-refractivity contribution is 0.649. The second-order valence-electron chi connectivity index (χ2n) is 6.01. The van der Waals surface area contributed by atoms with E-state index in [1.165, 1.54) is 44.1 Å². The first-order valence-corrected chi connectivity index (χ1v) is 8.12. The zero-order chi connectivity index (χ0) is 15.4. The molecular formula is C20H34. The van der Waals surface area contributed by atoms with Crippen LogP contribution in [0.4, 0.5) is 0 Å². The van der Waals surface area contributed by atoms with Gasteiger partial charge in [0.1, 0.15) is 0 Å². The Morgan fingerprint density at radius 1 is 1.05 bits per heavy atom. The third kappa shape index (κ3) is 8.96. The highest BCUT2D eigenvalue weighted by atomic mass is 14.2. The molecule has 0 bridgehead atoms. The molecule has 0 heteroatoms. The largest absolute Gasteiger partial charge is 0.103 e. The summed E-state index contributed by atoms with van der Waals surface area (Å²) in [5.74, 6) is 0.574. The fourth-order valence-electron chi connectivity index (χ4n) is 2.50. The van der Waals surface area contributed by atoms with Crippen molar-refractivity contribution in [2.24, 2.45) is 5.92 Å². The number of rotatable bonds is 12. The molecule has 0 heterocycles. The van der Waals surface area contributed by atoms with Crippen molar-refractivity contribution in [1.82, 2.24) is 0 Å². The van der Waals surface area contributed by atoms with E-state index in [0.717, 1.165) is 12.8 Å². The van der Waals surface area contributed by atoms with Crippen LogP contribution in [0.2, 0.25) is 0 Å². The Morgan fingerprint density at radius 3 is 2.25 bits per heavy atom. The van der Waals surface area contributed by atoms with Crippen LogP contribution in [0.15, 0.2) is 48.6 Å². The number of hydrogen-bond acceptors (Lipinski definition) is 0. The van der Waals surface area contributed by atoms with Crippen molar-refractivity contribution >= 4 is 0 Å². The minimum atomic E-state index is 0.574. The monoisotopic (exact) mass is 274 g/mol. The molecule has 0 aromatic rings. The van der Waals surface area contributed by atoms with E-state index in [9.17, 15) is 0 Å². The Hall–Kier alpha value is -1.04. The van der Waals surface area contributed by atoms with Crippen LogP contribution in [0, 0.1) is 5.92 Å². The van der Waals surface area contributed by atoms with Gasteiger partial charge in [-0.1, -0.05) is 49.1 Å². The summed E-state index contributed by atoms with van der Waals surface area (Å²) in [5.41, 5.74) is 4.64. The van der Waals surface area contributed by atoms with Crippen LogP contribution in [-0.4, -0.2) is 0 Å². The number of allylic oxidation sites excluding steroid dienone is 5. The standard InChI is InChI=1S/C20H34/c1-7-10-11-13-20(16-18(6)9-3)19(12-8-2)15-14-17(4)5/h7,9,18H,1,3-4,8,10-16H2,2,5-6H3. The third-order valence-corrected chi connectivity index (χ3v) is 3.76. The molecule has 1 atom stereocenters. The van der Waals surface area contributed by atoms with E-state index in [0.29, 0.717) is 5.92 Å². The van der Waals surface area contributed by atoms with Gasteiger partial charge in [0.2, 0.25) is 0 Å². The van der Waals surface area contributed by atoms with E-state index in [1.54, 1.807) is 11.1 Å². The van der Waals surface area contributed by atoms with E-state index < -0.39 is 0 Å². The van der Waals surface area contributed by atoms with Crippen molar-refractivity contribution in [1.29, 1.82) is 0 Å². The normalized spacial score (nSPS) is 13.6. The van der Waals surface area contributed by atoms with Crippen LogP contribution in [0.5, 0.6) is 0 Å². The van der Waals surface area contributed by atoms with Crippen LogP contribution in [-0.2, 0) is 0 Å². The van der Waals surface area contributed by atoms with E-state index in [1.807, 2.05) is 6.08 Å². The molecule has 1 unspecified atom stereocenters. The van der Waals surface area contributed by atoms with Crippen LogP contribution in [0.25, 0.3) is 0 Å². The lowest BCUT2D eigenvalue weighted by atomic mass is 9.88. The molecule has 0 spiro atoms. The number of hydrogen-bond donors (Lipinski definition) is 0. The third-order valence-electron chi connectivity index (χ3n) is 3.76. The topological polar surface area (TPSA) is 0 Å². The molecule has 0 aliphatic carbocycles. The van der Waals surface area contributed by atoms with Gasteiger partial charge in [-0.2, -0.15) is 0 Å². The zero-order valence-corrected chi connectivity index (χ0v) is 14.0. The molecule has 0 saturated heterocycles. The summed E-state index contributed by atoms with van der Waals surface area (Å²) in [6, 6.07) is 0. The van der Waals surface area contributed by atoms with Crippen molar-refractivity contribution in [2.45, 2.75) is 72.1 Å².